The first kappa shape index (κ1) is 12.6. The van der Waals surface area contributed by atoms with Gasteiger partial charge in [0.1, 0.15) is 0 Å². The number of hydrogen-bond acceptors (Lipinski definition) is 5. The van der Waals surface area contributed by atoms with Crippen molar-refractivity contribution >= 4 is 6.01 Å². The summed E-state index contributed by atoms with van der Waals surface area (Å²) in [7, 11) is 1.65. The summed E-state index contributed by atoms with van der Waals surface area (Å²) in [5.41, 5.74) is 2.25. The van der Waals surface area contributed by atoms with E-state index in [0.717, 1.165) is 12.0 Å². The Morgan fingerprint density at radius 2 is 2.06 bits per heavy atom. The van der Waals surface area contributed by atoms with Crippen LogP contribution < -0.4 is 5.32 Å². The third-order valence-electron chi connectivity index (χ3n) is 2.63. The molecule has 1 N–H and O–H groups in total. The fourth-order valence-corrected chi connectivity index (χ4v) is 1.56. The van der Waals surface area contributed by atoms with Gasteiger partial charge in [0, 0.05) is 19.2 Å². The number of benzene rings is 1. The topological polar surface area (TPSA) is 60.2 Å². The number of nitrogens with zero attached hydrogens (tertiary/aromatic N) is 2. The first-order valence-corrected chi connectivity index (χ1v) is 5.99. The third kappa shape index (κ3) is 3.07. The maximum absolute atomic E-state index is 5.09. The van der Waals surface area contributed by atoms with E-state index >= 15 is 0 Å². The van der Waals surface area contributed by atoms with Crippen molar-refractivity contribution < 1.29 is 9.26 Å². The monoisotopic (exact) mass is 247 g/mol. The van der Waals surface area contributed by atoms with Gasteiger partial charge >= 0.3 is 6.01 Å². The Labute approximate surface area is 106 Å². The Morgan fingerprint density at radius 3 is 2.72 bits per heavy atom. The summed E-state index contributed by atoms with van der Waals surface area (Å²) in [5.74, 6) is 0.595. The second-order valence-corrected chi connectivity index (χ2v) is 3.89. The number of aromatic nitrogens is 2. The van der Waals surface area contributed by atoms with E-state index in [0.29, 0.717) is 25.0 Å². The summed E-state index contributed by atoms with van der Waals surface area (Å²) in [6.45, 7) is 3.37. The van der Waals surface area contributed by atoms with Gasteiger partial charge in [-0.2, -0.15) is 4.98 Å². The van der Waals surface area contributed by atoms with Gasteiger partial charge in [0.05, 0.1) is 6.61 Å². The lowest BCUT2D eigenvalue weighted by molar-refractivity contribution is 0.210. The van der Waals surface area contributed by atoms with Crippen LogP contribution in [-0.2, 0) is 11.2 Å². The van der Waals surface area contributed by atoms with Gasteiger partial charge in [-0.1, -0.05) is 36.3 Å². The molecule has 2 rings (SSSR count). The van der Waals surface area contributed by atoms with Crippen molar-refractivity contribution in [2.45, 2.75) is 13.3 Å². The van der Waals surface area contributed by atoms with Crippen LogP contribution in [0.25, 0.3) is 11.4 Å². The van der Waals surface area contributed by atoms with Crippen LogP contribution in [0.5, 0.6) is 0 Å². The van der Waals surface area contributed by atoms with Crippen molar-refractivity contribution in [2.24, 2.45) is 0 Å². The molecule has 1 aromatic heterocycles. The third-order valence-corrected chi connectivity index (χ3v) is 2.63. The lowest BCUT2D eigenvalue weighted by atomic mass is 10.1. The molecule has 5 heteroatoms. The van der Waals surface area contributed by atoms with Gasteiger partial charge in [-0.15, -0.1) is 0 Å². The van der Waals surface area contributed by atoms with E-state index in [4.69, 9.17) is 9.26 Å². The number of anilines is 1. The Hall–Kier alpha value is -1.88. The molecule has 96 valence electrons. The van der Waals surface area contributed by atoms with Crippen LogP contribution in [0.3, 0.4) is 0 Å². The Kier molecular flexibility index (Phi) is 4.30. The molecule has 0 spiro atoms. The highest BCUT2D eigenvalue weighted by atomic mass is 16.5. The average molecular weight is 247 g/mol. The van der Waals surface area contributed by atoms with Gasteiger partial charge in [0.15, 0.2) is 0 Å². The maximum atomic E-state index is 5.09. The smallest absolute Gasteiger partial charge is 0.321 e. The molecule has 0 saturated heterocycles. The Balaban J connectivity index is 2.04. The van der Waals surface area contributed by atoms with Crippen molar-refractivity contribution in [3.8, 4) is 11.4 Å². The molecule has 0 bridgehead atoms. The first-order chi connectivity index (χ1) is 8.83. The molecule has 0 saturated carbocycles. The number of rotatable bonds is 6. The van der Waals surface area contributed by atoms with Crippen molar-refractivity contribution in [1.82, 2.24) is 10.1 Å². The zero-order chi connectivity index (χ0) is 12.8. The number of hydrogen-bond donors (Lipinski definition) is 1. The lowest BCUT2D eigenvalue weighted by Crippen LogP contribution is -2.07. The summed E-state index contributed by atoms with van der Waals surface area (Å²) < 4.78 is 10.0. The number of methoxy groups -OCH3 is 1. The van der Waals surface area contributed by atoms with Gasteiger partial charge in [-0.3, -0.25) is 0 Å². The van der Waals surface area contributed by atoms with E-state index < -0.39 is 0 Å². The summed E-state index contributed by atoms with van der Waals surface area (Å²) in [6.07, 6.45) is 1.02. The van der Waals surface area contributed by atoms with E-state index in [2.05, 4.69) is 34.5 Å². The largest absolute Gasteiger partial charge is 0.383 e. The number of nitrogens with one attached hydrogen (secondary N) is 1. The zero-order valence-corrected chi connectivity index (χ0v) is 10.6. The minimum Gasteiger partial charge on any atom is -0.383 e. The molecule has 0 fully saturated rings. The summed E-state index contributed by atoms with van der Waals surface area (Å²) >= 11 is 0. The van der Waals surface area contributed by atoms with Crippen LogP contribution in [0.15, 0.2) is 28.8 Å². The fraction of sp³-hybridized carbons (Fsp3) is 0.385. The molecular weight excluding hydrogens is 230 g/mol. The number of aryl methyl sites for hydroxylation is 1. The molecule has 1 heterocycles. The zero-order valence-electron chi connectivity index (χ0n) is 10.6. The molecule has 0 aliphatic carbocycles. The highest BCUT2D eigenvalue weighted by Crippen LogP contribution is 2.18. The van der Waals surface area contributed by atoms with E-state index in [1.807, 2.05) is 12.1 Å². The molecule has 1 aromatic carbocycles. The summed E-state index contributed by atoms with van der Waals surface area (Å²) in [6, 6.07) is 8.57. The van der Waals surface area contributed by atoms with Gasteiger partial charge in [0.2, 0.25) is 5.82 Å². The molecule has 0 atom stereocenters. The van der Waals surface area contributed by atoms with E-state index in [9.17, 15) is 0 Å². The minimum atomic E-state index is 0.418. The van der Waals surface area contributed by atoms with Gasteiger partial charge in [-0.05, 0) is 12.0 Å². The Morgan fingerprint density at radius 1 is 1.28 bits per heavy atom. The van der Waals surface area contributed by atoms with Crippen LogP contribution in [0.4, 0.5) is 6.01 Å². The molecule has 18 heavy (non-hydrogen) atoms. The highest BCUT2D eigenvalue weighted by molar-refractivity contribution is 5.55. The molecule has 0 unspecified atom stereocenters. The molecule has 5 nitrogen and oxygen atoms in total. The van der Waals surface area contributed by atoms with Crippen LogP contribution in [0, 0.1) is 0 Å². The standard InChI is InChI=1S/C13H17N3O2/c1-3-10-4-6-11(7-5-10)12-15-13(18-16-12)14-8-9-17-2/h4-7H,3,8-9H2,1-2H3,(H,14,15,16). The maximum Gasteiger partial charge on any atom is 0.321 e. The molecule has 2 aromatic rings. The normalized spacial score (nSPS) is 10.6. The Bertz CT molecular complexity index is 479. The lowest BCUT2D eigenvalue weighted by Gasteiger charge is -1.98. The average Bonchev–Trinajstić information content (AvgIpc) is 2.88. The predicted molar refractivity (Wildman–Crippen MR) is 69.5 cm³/mol. The van der Waals surface area contributed by atoms with Crippen molar-refractivity contribution in [2.75, 3.05) is 25.6 Å². The second-order valence-electron chi connectivity index (χ2n) is 3.89. The summed E-state index contributed by atoms with van der Waals surface area (Å²) in [4.78, 5) is 4.26. The van der Waals surface area contributed by atoms with Crippen molar-refractivity contribution in [3.05, 3.63) is 29.8 Å². The van der Waals surface area contributed by atoms with E-state index in [1.165, 1.54) is 5.56 Å². The highest BCUT2D eigenvalue weighted by Gasteiger charge is 2.07. The van der Waals surface area contributed by atoms with E-state index in [-0.39, 0.29) is 0 Å². The van der Waals surface area contributed by atoms with Crippen LogP contribution in [-0.4, -0.2) is 30.4 Å². The predicted octanol–water partition coefficient (Wildman–Crippen LogP) is 2.36. The van der Waals surface area contributed by atoms with Crippen molar-refractivity contribution in [3.63, 3.8) is 0 Å². The molecular formula is C13H17N3O2. The quantitative estimate of drug-likeness (QED) is 0.794. The number of ether oxygens (including phenoxy) is 1. The van der Waals surface area contributed by atoms with Crippen molar-refractivity contribution in [1.29, 1.82) is 0 Å². The molecule has 0 amide bonds. The SMILES string of the molecule is CCc1ccc(-c2noc(NCCOC)n2)cc1. The van der Waals surface area contributed by atoms with Crippen LogP contribution >= 0.6 is 0 Å². The fourth-order valence-electron chi connectivity index (χ4n) is 1.56. The van der Waals surface area contributed by atoms with Crippen LogP contribution in [0.2, 0.25) is 0 Å². The van der Waals surface area contributed by atoms with E-state index in [1.54, 1.807) is 7.11 Å². The molecule has 0 aliphatic heterocycles. The van der Waals surface area contributed by atoms with Gasteiger partial charge in [-0.25, -0.2) is 0 Å². The molecule has 0 aliphatic rings. The first-order valence-electron chi connectivity index (χ1n) is 5.99. The van der Waals surface area contributed by atoms with Gasteiger partial charge in [0.25, 0.3) is 0 Å². The second kappa shape index (κ2) is 6.16. The van der Waals surface area contributed by atoms with Gasteiger partial charge < -0.3 is 14.6 Å². The minimum absolute atomic E-state index is 0.418. The summed E-state index contributed by atoms with van der Waals surface area (Å²) in [5, 5.41) is 6.92. The van der Waals surface area contributed by atoms with Crippen LogP contribution in [0.1, 0.15) is 12.5 Å². The molecule has 0 radical (unpaired) electrons.